The van der Waals surface area contributed by atoms with Crippen LogP contribution >= 0.6 is 22.9 Å². The number of methoxy groups -OCH3 is 1. The van der Waals surface area contributed by atoms with E-state index in [0.29, 0.717) is 47.9 Å². The van der Waals surface area contributed by atoms with E-state index in [1.165, 1.54) is 18.1 Å². The first-order valence-electron chi connectivity index (χ1n) is 16.0. The molecule has 0 radical (unpaired) electrons. The number of amides is 2. The van der Waals surface area contributed by atoms with Gasteiger partial charge in [-0.2, -0.15) is 0 Å². The molecule has 49 heavy (non-hydrogen) atoms. The molecule has 4 heterocycles. The molecule has 0 unspecified atom stereocenters. The van der Waals surface area contributed by atoms with Gasteiger partial charge in [-0.05, 0) is 69.5 Å². The van der Waals surface area contributed by atoms with Crippen LogP contribution < -0.4 is 11.1 Å². The fourth-order valence-electron chi connectivity index (χ4n) is 6.19. The number of piperidine rings is 1. The molecule has 1 saturated heterocycles. The van der Waals surface area contributed by atoms with Crippen LogP contribution in [0.5, 0.6) is 0 Å². The Kier molecular flexibility index (Phi) is 9.96. The second-order valence-corrected chi connectivity index (χ2v) is 13.6. The van der Waals surface area contributed by atoms with Crippen molar-refractivity contribution in [1.82, 2.24) is 25.0 Å². The number of halogens is 1. The summed E-state index contributed by atoms with van der Waals surface area (Å²) in [6.45, 7) is 7.18. The van der Waals surface area contributed by atoms with Crippen molar-refractivity contribution in [1.29, 1.82) is 0 Å². The molecule has 0 spiro atoms. The van der Waals surface area contributed by atoms with Gasteiger partial charge < -0.3 is 20.7 Å². The Hall–Kier alpha value is -4.83. The molecule has 3 N–H and O–H groups in total. The number of carbonyl (C=O) groups excluding carboxylic acids is 3. The van der Waals surface area contributed by atoms with Crippen molar-refractivity contribution in [2.24, 2.45) is 10.7 Å². The smallest absolute Gasteiger partial charge is 0.339 e. The summed E-state index contributed by atoms with van der Waals surface area (Å²) in [6, 6.07) is 11.6. The maximum atomic E-state index is 13.8. The summed E-state index contributed by atoms with van der Waals surface area (Å²) in [4.78, 5) is 47.4. The third-order valence-corrected chi connectivity index (χ3v) is 10.4. The molecule has 2 aromatic heterocycles. The molecule has 4 aromatic rings. The molecule has 0 aliphatic carbocycles. The number of aryl methyl sites for hydroxylation is 2. The van der Waals surface area contributed by atoms with E-state index in [2.05, 4.69) is 41.2 Å². The highest BCUT2D eigenvalue weighted by Crippen LogP contribution is 2.40. The van der Waals surface area contributed by atoms with Crippen LogP contribution in [0.15, 0.2) is 47.5 Å². The fraction of sp³-hybridized carbons (Fsp3) is 0.333. The summed E-state index contributed by atoms with van der Waals surface area (Å²) in [7, 11) is 1.29. The van der Waals surface area contributed by atoms with E-state index < -0.39 is 12.0 Å². The number of likely N-dealkylation sites (tertiary alicyclic amines) is 1. The van der Waals surface area contributed by atoms with Gasteiger partial charge in [0.25, 0.3) is 5.91 Å². The molecule has 2 aliphatic heterocycles. The summed E-state index contributed by atoms with van der Waals surface area (Å²) < 4.78 is 6.88. The molecule has 2 aliphatic rings. The SMILES string of the molecule is COC(=O)c1ccc(C(=O)NC2CCN(C(=O)C[C@@H]3N=C(c4ccc(Cl)cc4)c4c(sc(C)c4C)-n4c(C)nnc43)CC2)cc1C#CCN. The Labute approximate surface area is 293 Å². The maximum Gasteiger partial charge on any atom is 0.339 e. The average molecular weight is 698 g/mol. The highest BCUT2D eigenvalue weighted by Gasteiger charge is 2.34. The number of nitrogens with zero attached hydrogens (tertiary/aromatic N) is 5. The van der Waals surface area contributed by atoms with Crippen LogP contribution in [0.2, 0.25) is 5.02 Å². The number of rotatable bonds is 6. The van der Waals surface area contributed by atoms with Crippen LogP contribution in [0.25, 0.3) is 5.00 Å². The van der Waals surface area contributed by atoms with Crippen molar-refractivity contribution in [3.05, 3.63) is 97.4 Å². The largest absolute Gasteiger partial charge is 0.465 e. The van der Waals surface area contributed by atoms with Gasteiger partial charge in [0.05, 0.1) is 31.4 Å². The second kappa shape index (κ2) is 14.3. The average Bonchev–Trinajstić information content (AvgIpc) is 3.58. The van der Waals surface area contributed by atoms with Crippen molar-refractivity contribution in [2.45, 2.75) is 52.1 Å². The molecular formula is C36H36ClN7O4S. The molecule has 1 fully saturated rings. The van der Waals surface area contributed by atoms with Gasteiger partial charge in [0.15, 0.2) is 5.82 Å². The molecule has 0 saturated carbocycles. The van der Waals surface area contributed by atoms with E-state index in [4.69, 9.17) is 27.1 Å². The monoisotopic (exact) mass is 697 g/mol. The molecule has 2 amide bonds. The number of nitrogens with one attached hydrogen (secondary N) is 1. The van der Waals surface area contributed by atoms with E-state index in [1.54, 1.807) is 23.5 Å². The fourth-order valence-corrected chi connectivity index (χ4v) is 7.53. The standard InChI is InChI=1S/C36H36ClN7O4S/c1-20-21(2)49-35-31(20)32(23-7-10-26(37)11-8-23)40-29(33-42-41-22(3)44(33)35)19-30(45)43-16-13-27(14-17-43)39-34(46)25-9-12-28(36(47)48-4)24(18-25)6-5-15-38/h7-12,18,27,29H,13-17,19,38H2,1-4H3,(H,39,46)/t29-/m0/s1. The van der Waals surface area contributed by atoms with Gasteiger partial charge in [0, 0.05) is 51.3 Å². The first kappa shape index (κ1) is 34.0. The zero-order chi connectivity index (χ0) is 34.8. The van der Waals surface area contributed by atoms with Crippen LogP contribution in [0.3, 0.4) is 0 Å². The molecule has 252 valence electrons. The van der Waals surface area contributed by atoms with Crippen molar-refractivity contribution in [2.75, 3.05) is 26.7 Å². The topological polar surface area (TPSA) is 145 Å². The number of benzene rings is 2. The summed E-state index contributed by atoms with van der Waals surface area (Å²) in [6.07, 6.45) is 1.30. The van der Waals surface area contributed by atoms with Gasteiger partial charge in [-0.25, -0.2) is 4.79 Å². The van der Waals surface area contributed by atoms with Crippen LogP contribution in [0, 0.1) is 32.6 Å². The van der Waals surface area contributed by atoms with Gasteiger partial charge in [-0.3, -0.25) is 19.1 Å². The molecule has 2 aromatic carbocycles. The number of aromatic nitrogens is 3. The third kappa shape index (κ3) is 6.87. The lowest BCUT2D eigenvalue weighted by Gasteiger charge is -2.33. The molecule has 1 atom stereocenters. The first-order valence-corrected chi connectivity index (χ1v) is 17.1. The second-order valence-electron chi connectivity index (χ2n) is 12.0. The Morgan fingerprint density at radius 1 is 1.08 bits per heavy atom. The lowest BCUT2D eigenvalue weighted by atomic mass is 9.99. The van der Waals surface area contributed by atoms with Gasteiger partial charge in [-0.15, -0.1) is 21.5 Å². The first-order chi connectivity index (χ1) is 23.6. The highest BCUT2D eigenvalue weighted by molar-refractivity contribution is 7.15. The van der Waals surface area contributed by atoms with E-state index >= 15 is 0 Å². The van der Waals surface area contributed by atoms with Crippen molar-refractivity contribution in [3.8, 4) is 16.8 Å². The summed E-state index contributed by atoms with van der Waals surface area (Å²) in [5.74, 6) is 6.07. The van der Waals surface area contributed by atoms with Gasteiger partial charge in [0.2, 0.25) is 5.91 Å². The van der Waals surface area contributed by atoms with Crippen LogP contribution in [-0.4, -0.2) is 75.9 Å². The summed E-state index contributed by atoms with van der Waals surface area (Å²) in [5.41, 5.74) is 10.4. The minimum atomic E-state index is -0.555. The number of ether oxygens (including phenoxy) is 1. The number of carbonyl (C=O) groups is 3. The zero-order valence-electron chi connectivity index (χ0n) is 27.7. The minimum absolute atomic E-state index is 0.0409. The predicted octanol–water partition coefficient (Wildman–Crippen LogP) is 4.71. The van der Waals surface area contributed by atoms with Crippen LogP contribution in [0.1, 0.15) is 84.8 Å². The summed E-state index contributed by atoms with van der Waals surface area (Å²) in [5, 5.41) is 13.6. The number of nitrogens with two attached hydrogens (primary N) is 1. The number of hydrogen-bond acceptors (Lipinski definition) is 9. The van der Waals surface area contributed by atoms with Crippen molar-refractivity contribution >= 4 is 46.4 Å². The Morgan fingerprint density at radius 2 is 1.82 bits per heavy atom. The Bertz CT molecular complexity index is 2030. The van der Waals surface area contributed by atoms with Crippen LogP contribution in [-0.2, 0) is 9.53 Å². The number of esters is 1. The van der Waals surface area contributed by atoms with E-state index in [-0.39, 0.29) is 36.4 Å². The maximum absolute atomic E-state index is 13.8. The van der Waals surface area contributed by atoms with Crippen LogP contribution in [0.4, 0.5) is 0 Å². The lowest BCUT2D eigenvalue weighted by molar-refractivity contribution is -0.132. The van der Waals surface area contributed by atoms with E-state index in [0.717, 1.165) is 33.2 Å². The summed E-state index contributed by atoms with van der Waals surface area (Å²) >= 11 is 7.90. The number of thiophene rings is 1. The molecule has 6 rings (SSSR count). The van der Waals surface area contributed by atoms with E-state index in [1.807, 2.05) is 40.7 Å². The minimum Gasteiger partial charge on any atom is -0.465 e. The zero-order valence-corrected chi connectivity index (χ0v) is 29.2. The molecule has 0 bridgehead atoms. The third-order valence-electron chi connectivity index (χ3n) is 8.92. The quantitative estimate of drug-likeness (QED) is 0.219. The number of fused-ring (bicyclic) bond motifs is 3. The van der Waals surface area contributed by atoms with Gasteiger partial charge in [-0.1, -0.05) is 35.6 Å². The van der Waals surface area contributed by atoms with Crippen molar-refractivity contribution in [3.63, 3.8) is 0 Å². The highest BCUT2D eigenvalue weighted by atomic mass is 35.5. The van der Waals surface area contributed by atoms with Gasteiger partial charge in [0.1, 0.15) is 16.9 Å². The number of aliphatic imine (C=N–C) groups is 1. The molecular weight excluding hydrogens is 662 g/mol. The van der Waals surface area contributed by atoms with Gasteiger partial charge >= 0.3 is 5.97 Å². The molecule has 13 heteroatoms. The normalized spacial score (nSPS) is 15.7. The Morgan fingerprint density at radius 3 is 2.51 bits per heavy atom. The Balaban J connectivity index is 1.18. The van der Waals surface area contributed by atoms with E-state index in [9.17, 15) is 14.4 Å². The lowest BCUT2D eigenvalue weighted by Crippen LogP contribution is -2.46. The predicted molar refractivity (Wildman–Crippen MR) is 189 cm³/mol. The number of hydrogen-bond donors (Lipinski definition) is 2. The van der Waals surface area contributed by atoms with Crippen molar-refractivity contribution < 1.29 is 19.1 Å². The molecule has 11 nitrogen and oxygen atoms in total.